The summed E-state index contributed by atoms with van der Waals surface area (Å²) in [6.07, 6.45) is -4.70. The van der Waals surface area contributed by atoms with Crippen LogP contribution in [-0.4, -0.2) is 86.4 Å². The molecule has 13 heavy (non-hydrogen) atoms. The van der Waals surface area contributed by atoms with Gasteiger partial charge in [-0.3, -0.25) is 0 Å². The second-order valence-corrected chi connectivity index (χ2v) is 3.23. The van der Waals surface area contributed by atoms with Crippen molar-refractivity contribution in [3.8, 4) is 0 Å². The Morgan fingerprint density at radius 2 is 1.62 bits per heavy atom. The van der Waals surface area contributed by atoms with Gasteiger partial charge in [-0.25, -0.2) is 0 Å². The van der Waals surface area contributed by atoms with Gasteiger partial charge in [0.2, 0.25) is 0 Å². The first-order chi connectivity index (χ1) is 5.57. The number of aliphatic hydroxyl groups excluding tert-OH is 4. The fourth-order valence-corrected chi connectivity index (χ4v) is 1.41. The van der Waals surface area contributed by atoms with Gasteiger partial charge in [0.05, 0.1) is 6.61 Å². The third-order valence-electron chi connectivity index (χ3n) is 1.87. The van der Waals surface area contributed by atoms with E-state index in [-0.39, 0.29) is 29.6 Å². The predicted octanol–water partition coefficient (Wildman–Crippen LogP) is -2.66. The van der Waals surface area contributed by atoms with Crippen molar-refractivity contribution in [2.24, 2.45) is 0 Å². The van der Waals surface area contributed by atoms with E-state index >= 15 is 0 Å². The average molecular weight is 219 g/mol. The molecule has 1 aliphatic rings. The molecule has 1 heterocycles. The third-order valence-corrected chi connectivity index (χ3v) is 2.29. The molecular weight excluding hydrogens is 207 g/mol. The van der Waals surface area contributed by atoms with Gasteiger partial charge in [0.15, 0.2) is 0 Å². The predicted molar refractivity (Wildman–Crippen MR) is 48.5 cm³/mol. The fraction of sp³-hybridized carbons (Fsp3) is 1.00. The van der Waals surface area contributed by atoms with E-state index in [0.29, 0.717) is 0 Å². The molecule has 1 radical (unpaired) electrons. The number of rotatable bonds is 1. The van der Waals surface area contributed by atoms with Crippen LogP contribution in [0.4, 0.5) is 0 Å². The van der Waals surface area contributed by atoms with E-state index in [1.807, 2.05) is 0 Å². The number of thiol groups is 1. The Morgan fingerprint density at radius 1 is 1.08 bits per heavy atom. The Morgan fingerprint density at radius 3 is 2.08 bits per heavy atom. The molecule has 1 rings (SSSR count). The standard InChI is InChI=1S/C6H12O5S.Na/c7-1-2-3(8)4(9)5(10)6(12)11-2;/h2-10,12H,1H2;/t2-,3-,4+,5-,6+;/m1./s1. The van der Waals surface area contributed by atoms with Crippen LogP contribution in [0.1, 0.15) is 0 Å². The quantitative estimate of drug-likeness (QED) is 0.245. The Kier molecular flexibility index (Phi) is 6.41. The van der Waals surface area contributed by atoms with Crippen molar-refractivity contribution >= 4 is 42.2 Å². The smallest absolute Gasteiger partial charge is 0.129 e. The molecule has 7 heteroatoms. The molecule has 1 aliphatic heterocycles. The Balaban J connectivity index is 0.00000144. The summed E-state index contributed by atoms with van der Waals surface area (Å²) < 4.78 is 4.88. The zero-order valence-electron chi connectivity index (χ0n) is 7.24. The van der Waals surface area contributed by atoms with E-state index in [2.05, 4.69) is 12.6 Å². The maximum Gasteiger partial charge on any atom is 0.129 e. The largest absolute Gasteiger partial charge is 0.394 e. The van der Waals surface area contributed by atoms with E-state index in [0.717, 1.165) is 0 Å². The summed E-state index contributed by atoms with van der Waals surface area (Å²) in [7, 11) is 0. The molecule has 0 aromatic carbocycles. The zero-order valence-corrected chi connectivity index (χ0v) is 10.1. The molecule has 0 aliphatic carbocycles. The SMILES string of the molecule is OC[C@H]1O[C@@H](S)[C@H](O)[C@@H](O)[C@@H]1O.[Na]. The molecule has 4 N–H and O–H groups in total. The molecule has 5 nitrogen and oxygen atoms in total. The summed E-state index contributed by atoms with van der Waals surface area (Å²) in [5, 5.41) is 36.2. The molecule has 5 atom stereocenters. The Bertz CT molecular complexity index is 155. The second-order valence-electron chi connectivity index (χ2n) is 2.72. The van der Waals surface area contributed by atoms with Gasteiger partial charge in [-0.05, 0) is 0 Å². The summed E-state index contributed by atoms with van der Waals surface area (Å²) in [6, 6.07) is 0. The molecule has 0 bridgehead atoms. The van der Waals surface area contributed by atoms with Crippen LogP contribution in [0.2, 0.25) is 0 Å². The van der Waals surface area contributed by atoms with E-state index in [1.54, 1.807) is 0 Å². The molecule has 1 saturated heterocycles. The fourth-order valence-electron chi connectivity index (χ4n) is 1.08. The summed E-state index contributed by atoms with van der Waals surface area (Å²) in [4.78, 5) is 0. The van der Waals surface area contributed by atoms with Crippen LogP contribution in [-0.2, 0) is 4.74 Å². The molecule has 0 spiro atoms. The summed E-state index contributed by atoms with van der Waals surface area (Å²) in [6.45, 7) is -0.415. The van der Waals surface area contributed by atoms with Gasteiger partial charge in [-0.15, -0.1) is 12.6 Å². The monoisotopic (exact) mass is 219 g/mol. The van der Waals surface area contributed by atoms with Crippen molar-refractivity contribution in [3.63, 3.8) is 0 Å². The molecule has 0 unspecified atom stereocenters. The van der Waals surface area contributed by atoms with Gasteiger partial charge in [0.25, 0.3) is 0 Å². The first kappa shape index (κ1) is 14.2. The van der Waals surface area contributed by atoms with E-state index in [4.69, 9.17) is 14.9 Å². The molecule has 0 aromatic heterocycles. The average Bonchev–Trinajstić information content (AvgIpc) is 2.08. The molecule has 0 aromatic rings. The summed E-state index contributed by atoms with van der Waals surface area (Å²) >= 11 is 3.81. The van der Waals surface area contributed by atoms with Crippen LogP contribution in [0.3, 0.4) is 0 Å². The first-order valence-electron chi connectivity index (χ1n) is 3.56. The maximum atomic E-state index is 9.20. The van der Waals surface area contributed by atoms with Crippen LogP contribution in [0, 0.1) is 0 Å². The van der Waals surface area contributed by atoms with Gasteiger partial charge in [0, 0.05) is 29.6 Å². The number of ether oxygens (including phenoxy) is 1. The first-order valence-corrected chi connectivity index (χ1v) is 4.08. The van der Waals surface area contributed by atoms with Crippen LogP contribution < -0.4 is 0 Å². The van der Waals surface area contributed by atoms with Gasteiger partial charge < -0.3 is 25.2 Å². The molecule has 0 saturated carbocycles. The van der Waals surface area contributed by atoms with Crippen molar-refractivity contribution < 1.29 is 25.2 Å². The molecule has 73 valence electrons. The number of aliphatic hydroxyl groups is 4. The minimum absolute atomic E-state index is 0. The van der Waals surface area contributed by atoms with Crippen LogP contribution >= 0.6 is 12.6 Å². The van der Waals surface area contributed by atoms with Gasteiger partial charge >= 0.3 is 0 Å². The van der Waals surface area contributed by atoms with E-state index in [9.17, 15) is 10.2 Å². The summed E-state index contributed by atoms with van der Waals surface area (Å²) in [5.41, 5.74) is -0.874. The van der Waals surface area contributed by atoms with Gasteiger partial charge in [0.1, 0.15) is 29.9 Å². The second kappa shape index (κ2) is 5.89. The van der Waals surface area contributed by atoms with Crippen LogP contribution in [0.5, 0.6) is 0 Å². The number of hydrogen-bond acceptors (Lipinski definition) is 6. The molecule has 1 fully saturated rings. The Hall–Kier alpha value is 1.15. The maximum absolute atomic E-state index is 9.20. The zero-order chi connectivity index (χ0) is 9.30. The van der Waals surface area contributed by atoms with E-state index in [1.165, 1.54) is 0 Å². The normalized spacial score (nSPS) is 45.5. The molecule has 0 amide bonds. The topological polar surface area (TPSA) is 90.2 Å². The van der Waals surface area contributed by atoms with Crippen LogP contribution in [0.15, 0.2) is 0 Å². The van der Waals surface area contributed by atoms with E-state index < -0.39 is 36.5 Å². The van der Waals surface area contributed by atoms with Crippen molar-refractivity contribution in [1.29, 1.82) is 0 Å². The van der Waals surface area contributed by atoms with Gasteiger partial charge in [-0.1, -0.05) is 0 Å². The third kappa shape index (κ3) is 3.05. The van der Waals surface area contributed by atoms with Crippen LogP contribution in [0.25, 0.3) is 0 Å². The van der Waals surface area contributed by atoms with Crippen molar-refractivity contribution in [2.45, 2.75) is 29.9 Å². The minimum Gasteiger partial charge on any atom is -0.394 e. The summed E-state index contributed by atoms with van der Waals surface area (Å²) in [5.74, 6) is 0. The van der Waals surface area contributed by atoms with Crippen molar-refractivity contribution in [3.05, 3.63) is 0 Å². The molecular formula is C6H12NaO5S. The minimum atomic E-state index is -1.32. The Labute approximate surface area is 103 Å². The van der Waals surface area contributed by atoms with Crippen molar-refractivity contribution in [1.82, 2.24) is 0 Å². The number of hydrogen-bond donors (Lipinski definition) is 5. The van der Waals surface area contributed by atoms with Gasteiger partial charge in [-0.2, -0.15) is 0 Å². The van der Waals surface area contributed by atoms with Crippen molar-refractivity contribution in [2.75, 3.05) is 6.61 Å².